The molecule has 1 fully saturated rings. The Bertz CT molecular complexity index is 970. The van der Waals surface area contributed by atoms with E-state index in [1.54, 1.807) is 19.3 Å². The number of methoxy groups -OCH3 is 1. The number of carbonyl (C=O) groups is 1. The van der Waals surface area contributed by atoms with E-state index in [0.717, 1.165) is 11.3 Å². The van der Waals surface area contributed by atoms with Crippen LogP contribution in [0, 0.1) is 6.92 Å². The van der Waals surface area contributed by atoms with E-state index in [1.165, 1.54) is 22.2 Å². The lowest BCUT2D eigenvalue weighted by Crippen LogP contribution is -2.27. The molecule has 0 saturated carbocycles. The standard InChI is InChI=1S/C23H23NO4S2/c1-4-11-24-22(25)21(30-23(24)29)15-17-7-10-19(20(14-17)26-3)28-13-12-27-18-8-5-16(2)6-9-18/h4-10,14-15H,1,11-13H2,2-3H3/b21-15+. The van der Waals surface area contributed by atoms with Gasteiger partial charge in [0.2, 0.25) is 0 Å². The van der Waals surface area contributed by atoms with E-state index in [-0.39, 0.29) is 5.91 Å². The molecule has 1 saturated heterocycles. The van der Waals surface area contributed by atoms with Gasteiger partial charge in [-0.05, 0) is 42.8 Å². The van der Waals surface area contributed by atoms with Crippen LogP contribution >= 0.6 is 24.0 Å². The number of amides is 1. The first-order valence-corrected chi connectivity index (χ1v) is 10.6. The molecule has 0 atom stereocenters. The van der Waals surface area contributed by atoms with E-state index >= 15 is 0 Å². The summed E-state index contributed by atoms with van der Waals surface area (Å²) in [5.74, 6) is 1.89. The van der Waals surface area contributed by atoms with E-state index in [4.69, 9.17) is 26.4 Å². The molecule has 0 N–H and O–H groups in total. The zero-order valence-electron chi connectivity index (χ0n) is 16.9. The molecular formula is C23H23NO4S2. The Hall–Kier alpha value is -2.77. The fraction of sp³-hybridized carbons (Fsp3) is 0.217. The lowest BCUT2D eigenvalue weighted by Gasteiger charge is -2.12. The predicted molar refractivity (Wildman–Crippen MR) is 125 cm³/mol. The Morgan fingerprint density at radius 2 is 1.83 bits per heavy atom. The third-order valence-corrected chi connectivity index (χ3v) is 5.68. The number of nitrogens with zero attached hydrogens (tertiary/aromatic N) is 1. The van der Waals surface area contributed by atoms with Gasteiger partial charge in [0.05, 0.1) is 12.0 Å². The quantitative estimate of drug-likeness (QED) is 0.240. The van der Waals surface area contributed by atoms with Crippen LogP contribution in [0.2, 0.25) is 0 Å². The van der Waals surface area contributed by atoms with Crippen molar-refractivity contribution in [2.24, 2.45) is 0 Å². The lowest BCUT2D eigenvalue weighted by molar-refractivity contribution is -0.121. The molecule has 0 aromatic heterocycles. The summed E-state index contributed by atoms with van der Waals surface area (Å²) in [5.41, 5.74) is 2.01. The fourth-order valence-electron chi connectivity index (χ4n) is 2.78. The molecule has 1 aliphatic heterocycles. The van der Waals surface area contributed by atoms with Crippen molar-refractivity contribution in [3.8, 4) is 17.2 Å². The maximum absolute atomic E-state index is 12.5. The topological polar surface area (TPSA) is 48.0 Å². The Morgan fingerprint density at radius 3 is 2.53 bits per heavy atom. The molecular weight excluding hydrogens is 418 g/mol. The molecule has 2 aromatic carbocycles. The van der Waals surface area contributed by atoms with Crippen LogP contribution < -0.4 is 14.2 Å². The third-order valence-electron chi connectivity index (χ3n) is 4.30. The van der Waals surface area contributed by atoms with E-state index in [1.807, 2.05) is 49.4 Å². The van der Waals surface area contributed by atoms with Crippen molar-refractivity contribution in [3.05, 3.63) is 71.2 Å². The molecule has 2 aromatic rings. The summed E-state index contributed by atoms with van der Waals surface area (Å²) in [6.07, 6.45) is 3.46. The second-order valence-electron chi connectivity index (χ2n) is 6.50. The molecule has 7 heteroatoms. The highest BCUT2D eigenvalue weighted by atomic mass is 32.2. The summed E-state index contributed by atoms with van der Waals surface area (Å²) < 4.78 is 17.5. The molecule has 3 rings (SSSR count). The number of ether oxygens (including phenoxy) is 3. The van der Waals surface area contributed by atoms with Crippen molar-refractivity contribution in [1.29, 1.82) is 0 Å². The first kappa shape index (κ1) is 21.9. The smallest absolute Gasteiger partial charge is 0.266 e. The van der Waals surface area contributed by atoms with Crippen molar-refractivity contribution >= 4 is 40.3 Å². The Labute approximate surface area is 186 Å². The minimum atomic E-state index is -0.113. The highest BCUT2D eigenvalue weighted by Crippen LogP contribution is 2.34. The Balaban J connectivity index is 1.62. The zero-order valence-corrected chi connectivity index (χ0v) is 18.6. The number of hydrogen-bond acceptors (Lipinski definition) is 6. The van der Waals surface area contributed by atoms with Crippen LogP contribution in [-0.2, 0) is 4.79 Å². The monoisotopic (exact) mass is 441 g/mol. The van der Waals surface area contributed by atoms with E-state index in [9.17, 15) is 4.79 Å². The molecule has 5 nitrogen and oxygen atoms in total. The highest BCUT2D eigenvalue weighted by molar-refractivity contribution is 8.26. The van der Waals surface area contributed by atoms with E-state index in [2.05, 4.69) is 6.58 Å². The van der Waals surface area contributed by atoms with E-state index in [0.29, 0.717) is 40.5 Å². The summed E-state index contributed by atoms with van der Waals surface area (Å²) in [4.78, 5) is 14.6. The van der Waals surface area contributed by atoms with Crippen LogP contribution in [0.4, 0.5) is 0 Å². The first-order chi connectivity index (χ1) is 14.5. The normalized spacial score (nSPS) is 14.9. The number of aryl methyl sites for hydroxylation is 1. The second-order valence-corrected chi connectivity index (χ2v) is 8.18. The van der Waals surface area contributed by atoms with Gasteiger partial charge in [0.1, 0.15) is 23.3 Å². The molecule has 0 aliphatic carbocycles. The van der Waals surface area contributed by atoms with Crippen LogP contribution in [0.15, 0.2) is 60.0 Å². The summed E-state index contributed by atoms with van der Waals surface area (Å²) in [7, 11) is 1.58. The zero-order chi connectivity index (χ0) is 21.5. The molecule has 1 heterocycles. The van der Waals surface area contributed by atoms with Gasteiger partial charge in [0.25, 0.3) is 5.91 Å². The van der Waals surface area contributed by atoms with Crippen molar-refractivity contribution < 1.29 is 19.0 Å². The molecule has 156 valence electrons. The second kappa shape index (κ2) is 10.3. The molecule has 0 spiro atoms. The van der Waals surface area contributed by atoms with Crippen molar-refractivity contribution in [1.82, 2.24) is 4.90 Å². The average Bonchev–Trinajstić information content (AvgIpc) is 3.00. The van der Waals surface area contributed by atoms with Gasteiger partial charge in [-0.25, -0.2) is 0 Å². The fourth-order valence-corrected chi connectivity index (χ4v) is 4.05. The van der Waals surface area contributed by atoms with Crippen LogP contribution in [0.25, 0.3) is 6.08 Å². The van der Waals surface area contributed by atoms with Crippen LogP contribution in [-0.4, -0.2) is 42.0 Å². The van der Waals surface area contributed by atoms with Gasteiger partial charge >= 0.3 is 0 Å². The lowest BCUT2D eigenvalue weighted by atomic mass is 10.2. The average molecular weight is 442 g/mol. The molecule has 0 unspecified atom stereocenters. The molecule has 1 aliphatic rings. The maximum Gasteiger partial charge on any atom is 0.266 e. The van der Waals surface area contributed by atoms with Gasteiger partial charge < -0.3 is 14.2 Å². The summed E-state index contributed by atoms with van der Waals surface area (Å²) in [6, 6.07) is 13.4. The largest absolute Gasteiger partial charge is 0.493 e. The molecule has 0 radical (unpaired) electrons. The summed E-state index contributed by atoms with van der Waals surface area (Å²) in [5, 5.41) is 0. The SMILES string of the molecule is C=CCN1C(=O)/C(=C\c2ccc(OCCOc3ccc(C)cc3)c(OC)c2)SC1=S. The minimum absolute atomic E-state index is 0.113. The molecule has 30 heavy (non-hydrogen) atoms. The number of benzene rings is 2. The summed E-state index contributed by atoms with van der Waals surface area (Å²) >= 11 is 6.55. The number of hydrogen-bond donors (Lipinski definition) is 0. The molecule has 1 amide bonds. The van der Waals surface area contributed by atoms with Gasteiger partial charge in [-0.1, -0.05) is 53.8 Å². The van der Waals surface area contributed by atoms with Crippen LogP contribution in [0.1, 0.15) is 11.1 Å². The Morgan fingerprint density at radius 1 is 1.10 bits per heavy atom. The summed E-state index contributed by atoms with van der Waals surface area (Å²) in [6.45, 7) is 6.90. The Kier molecular flexibility index (Phi) is 7.54. The van der Waals surface area contributed by atoms with Gasteiger partial charge in [-0.3, -0.25) is 9.69 Å². The van der Waals surface area contributed by atoms with Crippen molar-refractivity contribution in [2.45, 2.75) is 6.92 Å². The maximum atomic E-state index is 12.5. The van der Waals surface area contributed by atoms with Gasteiger partial charge in [0.15, 0.2) is 11.5 Å². The minimum Gasteiger partial charge on any atom is -0.493 e. The number of thioether (sulfide) groups is 1. The first-order valence-electron chi connectivity index (χ1n) is 9.38. The van der Waals surface area contributed by atoms with Crippen molar-refractivity contribution in [2.75, 3.05) is 26.9 Å². The van der Waals surface area contributed by atoms with E-state index < -0.39 is 0 Å². The number of rotatable bonds is 9. The number of thiocarbonyl (C=S) groups is 1. The number of carbonyl (C=O) groups excluding carboxylic acids is 1. The third kappa shape index (κ3) is 5.43. The van der Waals surface area contributed by atoms with Crippen LogP contribution in [0.5, 0.6) is 17.2 Å². The van der Waals surface area contributed by atoms with Gasteiger partial charge in [-0.15, -0.1) is 6.58 Å². The molecule has 0 bridgehead atoms. The van der Waals surface area contributed by atoms with Crippen molar-refractivity contribution in [3.63, 3.8) is 0 Å². The predicted octanol–water partition coefficient (Wildman–Crippen LogP) is 4.85. The highest BCUT2D eigenvalue weighted by Gasteiger charge is 2.30. The van der Waals surface area contributed by atoms with Gasteiger partial charge in [0, 0.05) is 6.54 Å². The van der Waals surface area contributed by atoms with Crippen LogP contribution in [0.3, 0.4) is 0 Å². The van der Waals surface area contributed by atoms with Gasteiger partial charge in [-0.2, -0.15) is 0 Å².